The maximum atomic E-state index is 13.1. The summed E-state index contributed by atoms with van der Waals surface area (Å²) >= 11 is 0. The summed E-state index contributed by atoms with van der Waals surface area (Å²) < 4.78 is 11.4. The first-order valence-electron chi connectivity index (χ1n) is 11.2. The Morgan fingerprint density at radius 3 is 2.58 bits per heavy atom. The van der Waals surface area contributed by atoms with Gasteiger partial charge in [-0.2, -0.15) is 0 Å². The molecule has 1 atom stereocenters. The van der Waals surface area contributed by atoms with Crippen molar-refractivity contribution in [1.29, 1.82) is 0 Å². The number of allylic oxidation sites excluding steroid dienone is 1. The summed E-state index contributed by atoms with van der Waals surface area (Å²) in [6, 6.07) is 8.48. The summed E-state index contributed by atoms with van der Waals surface area (Å²) in [6.45, 7) is 8.87. The molecule has 0 aromatic heterocycles. The number of ether oxygens (including phenoxy) is 2. The van der Waals surface area contributed by atoms with Gasteiger partial charge in [0.1, 0.15) is 11.4 Å². The van der Waals surface area contributed by atoms with E-state index in [1.807, 2.05) is 36.9 Å². The number of ketones is 1. The fourth-order valence-electron chi connectivity index (χ4n) is 4.90. The Labute approximate surface area is 184 Å². The third-order valence-electron chi connectivity index (χ3n) is 6.43. The zero-order chi connectivity index (χ0) is 22.0. The van der Waals surface area contributed by atoms with Gasteiger partial charge < -0.3 is 19.3 Å². The highest BCUT2D eigenvalue weighted by atomic mass is 16.5. The van der Waals surface area contributed by atoms with Gasteiger partial charge in [0.05, 0.1) is 12.8 Å². The summed E-state index contributed by atoms with van der Waals surface area (Å²) in [7, 11) is 1.71. The number of hydrogen-bond acceptors (Lipinski definition) is 6. The van der Waals surface area contributed by atoms with E-state index < -0.39 is 5.60 Å². The molecule has 0 N–H and O–H groups in total. The molecule has 1 amide bonds. The Hall–Kier alpha value is -2.54. The minimum Gasteiger partial charge on any atom is -0.495 e. The Bertz CT molecular complexity index is 858. The monoisotopic (exact) mass is 427 g/mol. The Morgan fingerprint density at radius 2 is 1.87 bits per heavy atom. The number of nitrogens with zero attached hydrogens (tertiary/aromatic N) is 3. The van der Waals surface area contributed by atoms with Gasteiger partial charge in [0.25, 0.3) is 5.91 Å². The van der Waals surface area contributed by atoms with Crippen molar-refractivity contribution in [2.75, 3.05) is 51.3 Å². The molecule has 1 aromatic carbocycles. The van der Waals surface area contributed by atoms with Gasteiger partial charge in [0.15, 0.2) is 11.5 Å². The van der Waals surface area contributed by atoms with Crippen LogP contribution in [0.1, 0.15) is 33.1 Å². The van der Waals surface area contributed by atoms with Gasteiger partial charge in [-0.05, 0) is 38.8 Å². The number of rotatable bonds is 4. The first-order valence-corrected chi connectivity index (χ1v) is 11.2. The predicted molar refractivity (Wildman–Crippen MR) is 119 cm³/mol. The second kappa shape index (κ2) is 8.91. The number of para-hydroxylation sites is 2. The molecule has 31 heavy (non-hydrogen) atoms. The van der Waals surface area contributed by atoms with Crippen LogP contribution in [0.25, 0.3) is 0 Å². The van der Waals surface area contributed by atoms with Crippen molar-refractivity contribution in [3.63, 3.8) is 0 Å². The summed E-state index contributed by atoms with van der Waals surface area (Å²) in [5, 5.41) is 0. The van der Waals surface area contributed by atoms with Gasteiger partial charge in [0.2, 0.25) is 0 Å². The standard InChI is InChI=1S/C24H33N3O4/c1-24(2)16-19(28)15-22(31-24)23(29)27-10-6-7-18(17-27)25-11-13-26(14-12-25)20-8-4-5-9-21(20)30-3/h4-5,8-9,15,18H,6-7,10-14,16-17H2,1-3H3. The molecule has 0 aliphatic carbocycles. The molecule has 1 aromatic rings. The Morgan fingerprint density at radius 1 is 1.13 bits per heavy atom. The Kier molecular flexibility index (Phi) is 6.23. The number of hydrogen-bond donors (Lipinski definition) is 0. The van der Waals surface area contributed by atoms with E-state index in [4.69, 9.17) is 9.47 Å². The molecule has 3 aliphatic heterocycles. The van der Waals surface area contributed by atoms with Crippen molar-refractivity contribution in [2.45, 2.75) is 44.8 Å². The summed E-state index contributed by atoms with van der Waals surface area (Å²) in [5.74, 6) is 0.908. The first kappa shape index (κ1) is 21.7. The zero-order valence-corrected chi connectivity index (χ0v) is 18.8. The first-order chi connectivity index (χ1) is 14.9. The van der Waals surface area contributed by atoms with Crippen LogP contribution in [0.5, 0.6) is 5.75 Å². The minimum atomic E-state index is -0.624. The highest BCUT2D eigenvalue weighted by Crippen LogP contribution is 2.30. The summed E-state index contributed by atoms with van der Waals surface area (Å²) in [5.41, 5.74) is 0.514. The van der Waals surface area contributed by atoms with Crippen LogP contribution in [0, 0.1) is 0 Å². The van der Waals surface area contributed by atoms with E-state index in [0.717, 1.165) is 50.5 Å². The molecule has 4 rings (SSSR count). The molecule has 2 saturated heterocycles. The maximum absolute atomic E-state index is 13.1. The van der Waals surface area contributed by atoms with Crippen LogP contribution < -0.4 is 9.64 Å². The van der Waals surface area contributed by atoms with Crippen LogP contribution in [-0.4, -0.2) is 79.5 Å². The lowest BCUT2D eigenvalue weighted by atomic mass is 9.97. The molecule has 1 unspecified atom stereocenters. The van der Waals surface area contributed by atoms with Gasteiger partial charge >= 0.3 is 0 Å². The molecule has 168 valence electrons. The summed E-state index contributed by atoms with van der Waals surface area (Å²) in [4.78, 5) is 31.8. The van der Waals surface area contributed by atoms with E-state index >= 15 is 0 Å². The smallest absolute Gasteiger partial charge is 0.289 e. The van der Waals surface area contributed by atoms with Crippen molar-refractivity contribution in [1.82, 2.24) is 9.80 Å². The van der Waals surface area contributed by atoms with Crippen LogP contribution in [0.3, 0.4) is 0 Å². The third kappa shape index (κ3) is 4.87. The predicted octanol–water partition coefficient (Wildman–Crippen LogP) is 2.46. The number of anilines is 1. The zero-order valence-electron chi connectivity index (χ0n) is 18.8. The maximum Gasteiger partial charge on any atom is 0.289 e. The molecule has 0 saturated carbocycles. The Balaban J connectivity index is 1.36. The van der Waals surface area contributed by atoms with Crippen LogP contribution in [-0.2, 0) is 14.3 Å². The fraction of sp³-hybridized carbons (Fsp3) is 0.583. The highest BCUT2D eigenvalue weighted by molar-refractivity contribution is 6.01. The van der Waals surface area contributed by atoms with E-state index in [2.05, 4.69) is 15.9 Å². The number of likely N-dealkylation sites (tertiary alicyclic amines) is 1. The van der Waals surface area contributed by atoms with E-state index in [0.29, 0.717) is 25.6 Å². The highest BCUT2D eigenvalue weighted by Gasteiger charge is 2.36. The molecule has 0 spiro atoms. The van der Waals surface area contributed by atoms with E-state index in [1.54, 1.807) is 7.11 Å². The molecule has 0 bridgehead atoms. The minimum absolute atomic E-state index is 0.0411. The van der Waals surface area contributed by atoms with Gasteiger partial charge in [-0.1, -0.05) is 12.1 Å². The molecule has 3 aliphatic rings. The number of carbonyl (C=O) groups excluding carboxylic acids is 2. The number of piperazine rings is 1. The van der Waals surface area contributed by atoms with Crippen LogP contribution in [0.4, 0.5) is 5.69 Å². The summed E-state index contributed by atoms with van der Waals surface area (Å²) in [6.07, 6.45) is 3.74. The average Bonchev–Trinajstić information content (AvgIpc) is 2.77. The fourth-order valence-corrected chi connectivity index (χ4v) is 4.90. The molecule has 0 radical (unpaired) electrons. The lowest BCUT2D eigenvalue weighted by molar-refractivity contribution is -0.139. The number of amides is 1. The van der Waals surface area contributed by atoms with Crippen LogP contribution in [0.15, 0.2) is 36.1 Å². The van der Waals surface area contributed by atoms with Gasteiger partial charge in [-0.25, -0.2) is 0 Å². The molecule has 3 heterocycles. The van der Waals surface area contributed by atoms with Gasteiger partial charge in [-0.3, -0.25) is 14.5 Å². The van der Waals surface area contributed by atoms with Gasteiger partial charge in [-0.15, -0.1) is 0 Å². The van der Waals surface area contributed by atoms with Crippen molar-refractivity contribution in [2.24, 2.45) is 0 Å². The molecular formula is C24H33N3O4. The molecule has 7 nitrogen and oxygen atoms in total. The lowest BCUT2D eigenvalue weighted by Crippen LogP contribution is -2.56. The molecular weight excluding hydrogens is 394 g/mol. The number of carbonyl (C=O) groups is 2. The average molecular weight is 428 g/mol. The second-order valence-electron chi connectivity index (χ2n) is 9.26. The number of piperidine rings is 1. The topological polar surface area (TPSA) is 62.3 Å². The SMILES string of the molecule is COc1ccccc1N1CCN(C2CCCN(C(=O)C3=CC(=O)CC(C)(C)O3)C2)CC1. The quantitative estimate of drug-likeness (QED) is 0.736. The van der Waals surface area contributed by atoms with E-state index in [9.17, 15) is 9.59 Å². The largest absolute Gasteiger partial charge is 0.495 e. The van der Waals surface area contributed by atoms with Crippen molar-refractivity contribution in [3.8, 4) is 5.75 Å². The van der Waals surface area contributed by atoms with E-state index in [1.165, 1.54) is 6.08 Å². The number of methoxy groups -OCH3 is 1. The van der Waals surface area contributed by atoms with Crippen molar-refractivity contribution in [3.05, 3.63) is 36.1 Å². The van der Waals surface area contributed by atoms with E-state index in [-0.39, 0.29) is 17.4 Å². The normalized spacial score (nSPS) is 24.4. The van der Waals surface area contributed by atoms with Gasteiger partial charge in [0, 0.05) is 57.8 Å². The van der Waals surface area contributed by atoms with Crippen LogP contribution in [0.2, 0.25) is 0 Å². The third-order valence-corrected chi connectivity index (χ3v) is 6.43. The van der Waals surface area contributed by atoms with Crippen LogP contribution >= 0.6 is 0 Å². The van der Waals surface area contributed by atoms with Crippen molar-refractivity contribution < 1.29 is 19.1 Å². The second-order valence-corrected chi connectivity index (χ2v) is 9.26. The van der Waals surface area contributed by atoms with Crippen molar-refractivity contribution >= 4 is 17.4 Å². The number of benzene rings is 1. The molecule has 7 heteroatoms. The lowest BCUT2D eigenvalue weighted by Gasteiger charge is -2.44. The molecule has 2 fully saturated rings.